The maximum absolute atomic E-state index is 12.2. The zero-order valence-electron chi connectivity index (χ0n) is 13.4. The molecule has 2 aliphatic rings. The van der Waals surface area contributed by atoms with Crippen molar-refractivity contribution in [2.75, 3.05) is 13.1 Å². The van der Waals surface area contributed by atoms with Crippen LogP contribution in [-0.2, 0) is 4.79 Å². The van der Waals surface area contributed by atoms with Gasteiger partial charge in [0.05, 0.1) is 0 Å². The number of likely N-dealkylation sites (tertiary alicyclic amines) is 1. The van der Waals surface area contributed by atoms with Crippen molar-refractivity contribution < 1.29 is 4.79 Å². The minimum absolute atomic E-state index is 0.0948. The van der Waals surface area contributed by atoms with Crippen LogP contribution in [0.2, 0.25) is 0 Å². The molecule has 3 heteroatoms. The Morgan fingerprint density at radius 2 is 2.23 bits per heavy atom. The van der Waals surface area contributed by atoms with Crippen LogP contribution < -0.4 is 5.32 Å². The van der Waals surface area contributed by atoms with E-state index in [1.165, 1.54) is 18.4 Å². The van der Waals surface area contributed by atoms with E-state index < -0.39 is 0 Å². The highest BCUT2D eigenvalue weighted by atomic mass is 16.2. The number of fused-ring (bicyclic) bond motifs is 2. The number of nitrogens with zero attached hydrogens (tertiary/aromatic N) is 1. The van der Waals surface area contributed by atoms with Crippen LogP contribution in [-0.4, -0.2) is 35.5 Å². The van der Waals surface area contributed by atoms with E-state index in [-0.39, 0.29) is 5.54 Å². The van der Waals surface area contributed by atoms with Crippen LogP contribution in [0.15, 0.2) is 36.4 Å². The topological polar surface area (TPSA) is 32.3 Å². The van der Waals surface area contributed by atoms with Gasteiger partial charge < -0.3 is 10.2 Å². The van der Waals surface area contributed by atoms with E-state index in [1.807, 2.05) is 6.07 Å². The van der Waals surface area contributed by atoms with Crippen LogP contribution in [0, 0.1) is 0 Å². The Balaban J connectivity index is 1.64. The largest absolute Gasteiger partial charge is 0.339 e. The molecule has 3 nitrogen and oxygen atoms in total. The Morgan fingerprint density at radius 3 is 3.00 bits per heavy atom. The Hall–Kier alpha value is -1.61. The van der Waals surface area contributed by atoms with Crippen molar-refractivity contribution in [1.29, 1.82) is 0 Å². The van der Waals surface area contributed by atoms with Gasteiger partial charge in [0.2, 0.25) is 5.91 Å². The van der Waals surface area contributed by atoms with Crippen LogP contribution >= 0.6 is 0 Å². The highest BCUT2D eigenvalue weighted by molar-refractivity contribution is 5.76. The Kier molecular flexibility index (Phi) is 4.63. The number of benzene rings is 1. The van der Waals surface area contributed by atoms with Gasteiger partial charge in [-0.3, -0.25) is 4.79 Å². The lowest BCUT2D eigenvalue weighted by Crippen LogP contribution is -2.60. The van der Waals surface area contributed by atoms with Crippen molar-refractivity contribution >= 4 is 12.0 Å². The molecule has 1 amide bonds. The van der Waals surface area contributed by atoms with Gasteiger partial charge in [-0.15, -0.1) is 0 Å². The summed E-state index contributed by atoms with van der Waals surface area (Å²) in [6.45, 7) is 3.83. The molecule has 1 aromatic carbocycles. The zero-order valence-corrected chi connectivity index (χ0v) is 13.4. The molecule has 3 rings (SSSR count). The van der Waals surface area contributed by atoms with E-state index in [9.17, 15) is 4.79 Å². The molecule has 2 heterocycles. The average Bonchev–Trinajstić information content (AvgIpc) is 2.83. The highest BCUT2D eigenvalue weighted by Crippen LogP contribution is 2.33. The number of carbonyl (C=O) groups is 1. The molecule has 2 atom stereocenters. The third-order valence-corrected chi connectivity index (χ3v) is 4.85. The molecule has 2 saturated heterocycles. The minimum Gasteiger partial charge on any atom is -0.339 e. The van der Waals surface area contributed by atoms with Crippen LogP contribution in [0.5, 0.6) is 0 Å². The lowest BCUT2D eigenvalue weighted by Gasteiger charge is -2.41. The molecule has 0 radical (unpaired) electrons. The van der Waals surface area contributed by atoms with Crippen LogP contribution in [0.4, 0.5) is 0 Å². The summed E-state index contributed by atoms with van der Waals surface area (Å²) in [5.41, 5.74) is 1.33. The Labute approximate surface area is 133 Å². The molecular formula is C19H26N2O. The second kappa shape index (κ2) is 6.66. The molecule has 0 spiro atoms. The number of hydrogen-bond donors (Lipinski definition) is 1. The molecule has 2 aliphatic heterocycles. The highest BCUT2D eigenvalue weighted by Gasteiger charge is 2.44. The molecule has 1 aromatic rings. The molecule has 0 saturated carbocycles. The standard InChI is InChI=1S/C19H26N2O/c1-2-7-18(22)21-14-17-11-13-19(15-21,20-17)12-6-10-16-8-4-3-5-9-16/h3-6,8-10,17,20H,2,7,11-15H2,1H3. The molecule has 1 N–H and O–H groups in total. The van der Waals surface area contributed by atoms with E-state index >= 15 is 0 Å². The maximum atomic E-state index is 12.2. The monoisotopic (exact) mass is 298 g/mol. The Bertz CT molecular complexity index is 540. The predicted molar refractivity (Wildman–Crippen MR) is 90.5 cm³/mol. The first-order chi connectivity index (χ1) is 10.7. The minimum atomic E-state index is 0.0948. The fraction of sp³-hybridized carbons (Fsp3) is 0.526. The molecule has 22 heavy (non-hydrogen) atoms. The third kappa shape index (κ3) is 3.41. The normalized spacial score (nSPS) is 27.5. The number of amides is 1. The number of carbonyl (C=O) groups excluding carboxylic acids is 1. The van der Waals surface area contributed by atoms with Gasteiger partial charge >= 0.3 is 0 Å². The molecule has 2 fully saturated rings. The van der Waals surface area contributed by atoms with E-state index in [0.29, 0.717) is 18.4 Å². The first-order valence-electron chi connectivity index (χ1n) is 8.48. The van der Waals surface area contributed by atoms with Gasteiger partial charge in [0.15, 0.2) is 0 Å². The lowest BCUT2D eigenvalue weighted by atomic mass is 9.92. The van der Waals surface area contributed by atoms with Gasteiger partial charge in [0.25, 0.3) is 0 Å². The second-order valence-corrected chi connectivity index (χ2v) is 6.70. The molecule has 0 aliphatic carbocycles. The van der Waals surface area contributed by atoms with Crippen molar-refractivity contribution in [3.05, 3.63) is 42.0 Å². The van der Waals surface area contributed by atoms with Gasteiger partial charge in [-0.2, -0.15) is 0 Å². The number of nitrogens with one attached hydrogen (secondary N) is 1. The van der Waals surface area contributed by atoms with Crippen LogP contribution in [0.25, 0.3) is 6.08 Å². The number of hydrogen-bond acceptors (Lipinski definition) is 2. The molecule has 2 unspecified atom stereocenters. The molecule has 0 aromatic heterocycles. The van der Waals surface area contributed by atoms with Crippen LogP contribution in [0.3, 0.4) is 0 Å². The van der Waals surface area contributed by atoms with Crippen molar-refractivity contribution in [2.24, 2.45) is 0 Å². The summed E-state index contributed by atoms with van der Waals surface area (Å²) in [6, 6.07) is 10.9. The van der Waals surface area contributed by atoms with Gasteiger partial charge in [0, 0.05) is 31.1 Å². The van der Waals surface area contributed by atoms with Crippen LogP contribution in [0.1, 0.15) is 44.6 Å². The predicted octanol–water partition coefficient (Wildman–Crippen LogP) is 3.22. The first-order valence-corrected chi connectivity index (χ1v) is 8.48. The lowest BCUT2D eigenvalue weighted by molar-refractivity contribution is -0.133. The average molecular weight is 298 g/mol. The maximum Gasteiger partial charge on any atom is 0.222 e. The summed E-state index contributed by atoms with van der Waals surface area (Å²) in [4.78, 5) is 14.3. The summed E-state index contributed by atoms with van der Waals surface area (Å²) in [5, 5.41) is 3.77. The molecular weight excluding hydrogens is 272 g/mol. The smallest absolute Gasteiger partial charge is 0.222 e. The fourth-order valence-corrected chi connectivity index (χ4v) is 3.76. The van der Waals surface area contributed by atoms with E-state index in [4.69, 9.17) is 0 Å². The van der Waals surface area contributed by atoms with Gasteiger partial charge in [0.1, 0.15) is 0 Å². The van der Waals surface area contributed by atoms with Crippen molar-refractivity contribution in [2.45, 2.75) is 50.6 Å². The van der Waals surface area contributed by atoms with E-state index in [1.54, 1.807) is 0 Å². The summed E-state index contributed by atoms with van der Waals surface area (Å²) in [7, 11) is 0. The summed E-state index contributed by atoms with van der Waals surface area (Å²) >= 11 is 0. The zero-order chi connectivity index (χ0) is 15.4. The Morgan fingerprint density at radius 1 is 1.41 bits per heavy atom. The number of rotatable bonds is 5. The summed E-state index contributed by atoms with van der Waals surface area (Å²) < 4.78 is 0. The molecule has 118 valence electrons. The van der Waals surface area contributed by atoms with Gasteiger partial charge in [-0.25, -0.2) is 0 Å². The fourth-order valence-electron chi connectivity index (χ4n) is 3.76. The van der Waals surface area contributed by atoms with E-state index in [2.05, 4.69) is 53.6 Å². The molecule has 2 bridgehead atoms. The van der Waals surface area contributed by atoms with Crippen molar-refractivity contribution in [3.8, 4) is 0 Å². The van der Waals surface area contributed by atoms with Gasteiger partial charge in [-0.05, 0) is 31.2 Å². The van der Waals surface area contributed by atoms with Crippen molar-refractivity contribution in [1.82, 2.24) is 10.2 Å². The van der Waals surface area contributed by atoms with Crippen molar-refractivity contribution in [3.63, 3.8) is 0 Å². The SMILES string of the molecule is CCCC(=O)N1CC2CCC(CC=Cc3ccccc3)(C1)N2. The third-order valence-electron chi connectivity index (χ3n) is 4.85. The van der Waals surface area contributed by atoms with Gasteiger partial charge in [-0.1, -0.05) is 49.4 Å². The summed E-state index contributed by atoms with van der Waals surface area (Å²) in [6.07, 6.45) is 9.43. The van der Waals surface area contributed by atoms with E-state index in [0.717, 1.165) is 25.9 Å². The second-order valence-electron chi connectivity index (χ2n) is 6.70. The first kappa shape index (κ1) is 15.3. The number of piperazine rings is 1. The summed E-state index contributed by atoms with van der Waals surface area (Å²) in [5.74, 6) is 0.326. The quantitative estimate of drug-likeness (QED) is 0.905.